The molecular formula is C10H10FNO. The fourth-order valence-electron chi connectivity index (χ4n) is 1.41. The van der Waals surface area contributed by atoms with E-state index in [1.54, 1.807) is 12.1 Å². The minimum atomic E-state index is -0.336. The molecule has 0 amide bonds. The smallest absolute Gasteiger partial charge is 0.169 e. The number of fused-ring (bicyclic) bond motifs is 1. The average Bonchev–Trinajstić information content (AvgIpc) is 2.48. The van der Waals surface area contributed by atoms with Crippen molar-refractivity contribution < 1.29 is 8.81 Å². The molecule has 0 radical (unpaired) electrons. The van der Waals surface area contributed by atoms with Crippen LogP contribution in [0, 0.1) is 5.82 Å². The third-order valence-electron chi connectivity index (χ3n) is 2.07. The van der Waals surface area contributed by atoms with Crippen molar-refractivity contribution in [1.29, 1.82) is 0 Å². The van der Waals surface area contributed by atoms with Gasteiger partial charge in [-0.05, 0) is 13.0 Å². The van der Waals surface area contributed by atoms with Gasteiger partial charge in [-0.15, -0.1) is 0 Å². The van der Waals surface area contributed by atoms with E-state index in [9.17, 15) is 4.39 Å². The zero-order valence-electron chi connectivity index (χ0n) is 7.25. The van der Waals surface area contributed by atoms with Gasteiger partial charge >= 0.3 is 0 Å². The van der Waals surface area contributed by atoms with Gasteiger partial charge in [0.2, 0.25) is 0 Å². The first-order valence-electron chi connectivity index (χ1n) is 4.11. The number of rotatable bonds is 1. The van der Waals surface area contributed by atoms with Crippen molar-refractivity contribution in [2.75, 3.05) is 0 Å². The molecule has 1 aromatic heterocycles. The fraction of sp³-hybridized carbons (Fsp3) is 0.200. The van der Waals surface area contributed by atoms with E-state index in [1.165, 1.54) is 0 Å². The molecule has 0 aliphatic rings. The Morgan fingerprint density at radius 2 is 2.23 bits per heavy atom. The van der Waals surface area contributed by atoms with E-state index in [2.05, 4.69) is 0 Å². The maximum Gasteiger partial charge on any atom is 0.169 e. The van der Waals surface area contributed by atoms with Gasteiger partial charge < -0.3 is 10.2 Å². The van der Waals surface area contributed by atoms with Crippen molar-refractivity contribution in [3.8, 4) is 0 Å². The van der Waals surface area contributed by atoms with Crippen LogP contribution in [-0.2, 0) is 0 Å². The second-order valence-electron chi connectivity index (χ2n) is 3.10. The highest BCUT2D eigenvalue weighted by molar-refractivity contribution is 5.81. The van der Waals surface area contributed by atoms with Crippen molar-refractivity contribution in [1.82, 2.24) is 0 Å². The Kier molecular flexibility index (Phi) is 1.81. The van der Waals surface area contributed by atoms with Crippen LogP contribution in [0.1, 0.15) is 18.5 Å². The highest BCUT2D eigenvalue weighted by Crippen LogP contribution is 2.26. The van der Waals surface area contributed by atoms with E-state index in [0.29, 0.717) is 11.0 Å². The monoisotopic (exact) mass is 179 g/mol. The number of halogens is 1. The molecular weight excluding hydrogens is 169 g/mol. The standard InChI is InChI=1S/C10H10FNO/c1-6(12)7-3-2-4-8-9(11)5-13-10(7)8/h2-6H,12H2,1H3/t6-/m1/s1. The fourth-order valence-corrected chi connectivity index (χ4v) is 1.41. The van der Waals surface area contributed by atoms with E-state index in [1.807, 2.05) is 13.0 Å². The van der Waals surface area contributed by atoms with Crippen LogP contribution in [0.5, 0.6) is 0 Å². The molecule has 2 N–H and O–H groups in total. The topological polar surface area (TPSA) is 39.2 Å². The SMILES string of the molecule is C[C@@H](N)c1cccc2c(F)coc12. The largest absolute Gasteiger partial charge is 0.461 e. The van der Waals surface area contributed by atoms with Crippen LogP contribution in [0.2, 0.25) is 0 Å². The summed E-state index contributed by atoms with van der Waals surface area (Å²) in [6, 6.07) is 5.16. The van der Waals surface area contributed by atoms with Crippen molar-refractivity contribution in [3.63, 3.8) is 0 Å². The van der Waals surface area contributed by atoms with Gasteiger partial charge in [0.1, 0.15) is 11.8 Å². The van der Waals surface area contributed by atoms with Crippen LogP contribution in [0.3, 0.4) is 0 Å². The Morgan fingerprint density at radius 3 is 2.92 bits per heavy atom. The molecule has 0 fully saturated rings. The predicted octanol–water partition coefficient (Wildman–Crippen LogP) is 2.59. The van der Waals surface area contributed by atoms with E-state index >= 15 is 0 Å². The molecule has 1 aromatic carbocycles. The van der Waals surface area contributed by atoms with Crippen molar-refractivity contribution in [2.45, 2.75) is 13.0 Å². The summed E-state index contributed by atoms with van der Waals surface area (Å²) >= 11 is 0. The van der Waals surface area contributed by atoms with Crippen LogP contribution < -0.4 is 5.73 Å². The molecule has 2 rings (SSSR count). The first kappa shape index (κ1) is 8.26. The van der Waals surface area contributed by atoms with Crippen LogP contribution in [0.25, 0.3) is 11.0 Å². The molecule has 0 spiro atoms. The van der Waals surface area contributed by atoms with Crippen molar-refractivity contribution >= 4 is 11.0 Å². The zero-order valence-corrected chi connectivity index (χ0v) is 7.25. The van der Waals surface area contributed by atoms with Crippen LogP contribution in [0.4, 0.5) is 4.39 Å². The lowest BCUT2D eigenvalue weighted by atomic mass is 10.1. The minimum Gasteiger partial charge on any atom is -0.461 e. The number of hydrogen-bond acceptors (Lipinski definition) is 2. The van der Waals surface area contributed by atoms with Gasteiger partial charge in [0.05, 0.1) is 5.39 Å². The number of hydrogen-bond donors (Lipinski definition) is 1. The van der Waals surface area contributed by atoms with Gasteiger partial charge in [-0.1, -0.05) is 12.1 Å². The first-order valence-corrected chi connectivity index (χ1v) is 4.11. The maximum atomic E-state index is 13.1. The van der Waals surface area contributed by atoms with Crippen molar-refractivity contribution in [2.24, 2.45) is 5.73 Å². The Balaban J connectivity index is 2.77. The Hall–Kier alpha value is -1.35. The third kappa shape index (κ3) is 1.21. The first-order chi connectivity index (χ1) is 6.20. The summed E-state index contributed by atoms with van der Waals surface area (Å²) in [4.78, 5) is 0. The summed E-state index contributed by atoms with van der Waals surface area (Å²) in [5, 5.41) is 0.495. The number of nitrogens with two attached hydrogens (primary N) is 1. The van der Waals surface area contributed by atoms with Gasteiger partial charge in [0, 0.05) is 11.6 Å². The molecule has 2 aromatic rings. The third-order valence-corrected chi connectivity index (χ3v) is 2.07. The molecule has 0 aliphatic heterocycles. The predicted molar refractivity (Wildman–Crippen MR) is 48.8 cm³/mol. The Labute approximate surface area is 75.1 Å². The molecule has 1 atom stereocenters. The summed E-state index contributed by atoms with van der Waals surface area (Å²) in [7, 11) is 0. The van der Waals surface area contributed by atoms with Gasteiger partial charge in [-0.3, -0.25) is 0 Å². The number of para-hydroxylation sites is 1. The van der Waals surface area contributed by atoms with Gasteiger partial charge in [-0.25, -0.2) is 4.39 Å². The van der Waals surface area contributed by atoms with Crippen LogP contribution in [0.15, 0.2) is 28.9 Å². The summed E-state index contributed by atoms with van der Waals surface area (Å²) in [5.41, 5.74) is 7.09. The van der Waals surface area contributed by atoms with Crippen LogP contribution in [-0.4, -0.2) is 0 Å². The second kappa shape index (κ2) is 2.85. The van der Waals surface area contributed by atoms with E-state index in [4.69, 9.17) is 10.2 Å². The highest BCUT2D eigenvalue weighted by atomic mass is 19.1. The second-order valence-corrected chi connectivity index (χ2v) is 3.10. The minimum absolute atomic E-state index is 0.144. The molecule has 0 aliphatic carbocycles. The summed E-state index contributed by atoms with van der Waals surface area (Å²) in [5.74, 6) is -0.336. The average molecular weight is 179 g/mol. The van der Waals surface area contributed by atoms with Crippen molar-refractivity contribution in [3.05, 3.63) is 35.8 Å². The van der Waals surface area contributed by atoms with E-state index in [0.717, 1.165) is 11.8 Å². The van der Waals surface area contributed by atoms with Gasteiger partial charge in [0.25, 0.3) is 0 Å². The maximum absolute atomic E-state index is 13.1. The Bertz CT molecular complexity index is 433. The molecule has 0 saturated carbocycles. The Morgan fingerprint density at radius 1 is 1.46 bits per heavy atom. The molecule has 1 heterocycles. The van der Waals surface area contributed by atoms with Gasteiger partial charge in [0.15, 0.2) is 5.82 Å². The molecule has 13 heavy (non-hydrogen) atoms. The molecule has 0 bridgehead atoms. The summed E-state index contributed by atoms with van der Waals surface area (Å²) < 4.78 is 18.1. The van der Waals surface area contributed by atoms with Crippen LogP contribution >= 0.6 is 0 Å². The molecule has 2 nitrogen and oxygen atoms in total. The molecule has 68 valence electrons. The quantitative estimate of drug-likeness (QED) is 0.730. The lowest BCUT2D eigenvalue weighted by Crippen LogP contribution is -2.04. The molecule has 3 heteroatoms. The summed E-state index contributed by atoms with van der Waals surface area (Å²) in [6.07, 6.45) is 1.11. The summed E-state index contributed by atoms with van der Waals surface area (Å²) in [6.45, 7) is 1.84. The zero-order chi connectivity index (χ0) is 9.42. The normalized spacial score (nSPS) is 13.5. The lowest BCUT2D eigenvalue weighted by Gasteiger charge is -2.04. The van der Waals surface area contributed by atoms with E-state index < -0.39 is 0 Å². The highest BCUT2D eigenvalue weighted by Gasteiger charge is 2.11. The molecule has 0 saturated heterocycles. The van der Waals surface area contributed by atoms with E-state index in [-0.39, 0.29) is 11.9 Å². The number of furan rings is 1. The number of benzene rings is 1. The van der Waals surface area contributed by atoms with Gasteiger partial charge in [-0.2, -0.15) is 0 Å². The molecule has 0 unspecified atom stereocenters. The lowest BCUT2D eigenvalue weighted by molar-refractivity contribution is 0.554.